The Hall–Kier alpha value is -0.860. The summed E-state index contributed by atoms with van der Waals surface area (Å²) >= 11 is 0. The molecule has 1 rings (SSSR count). The molecule has 1 aromatic carbocycles. The highest BCUT2D eigenvalue weighted by Gasteiger charge is 2.33. The number of nitrogens with zero attached hydrogens (tertiary/aromatic N) is 1. The molecule has 0 saturated carbocycles. The molecule has 0 fully saturated rings. The Morgan fingerprint density at radius 1 is 1.05 bits per heavy atom. The van der Waals surface area contributed by atoms with Gasteiger partial charge in [-0.15, -0.1) is 0 Å². The molecule has 0 spiro atoms. The molecule has 2 nitrogen and oxygen atoms in total. The van der Waals surface area contributed by atoms with E-state index in [1.807, 2.05) is 0 Å². The van der Waals surface area contributed by atoms with Crippen LogP contribution >= 0.6 is 0 Å². The third-order valence-corrected chi connectivity index (χ3v) is 4.63. The minimum atomic E-state index is 0.156. The van der Waals surface area contributed by atoms with Crippen molar-refractivity contribution in [1.82, 2.24) is 10.2 Å². The second-order valence-electron chi connectivity index (χ2n) is 6.52. The number of nitrogens with one attached hydrogen (secondary N) is 1. The van der Waals surface area contributed by atoms with Gasteiger partial charge in [0.15, 0.2) is 0 Å². The first-order valence-corrected chi connectivity index (χ1v) is 8.49. The maximum absolute atomic E-state index is 3.78. The maximum Gasteiger partial charge on any atom is 0.0309 e. The van der Waals surface area contributed by atoms with Crippen LogP contribution in [0.25, 0.3) is 0 Å². The summed E-state index contributed by atoms with van der Waals surface area (Å²) in [7, 11) is 0. The molecule has 1 N–H and O–H groups in total. The topological polar surface area (TPSA) is 15.3 Å². The summed E-state index contributed by atoms with van der Waals surface area (Å²) in [6.07, 6.45) is 2.27. The zero-order valence-electron chi connectivity index (χ0n) is 14.9. The van der Waals surface area contributed by atoms with Crippen LogP contribution in [0.15, 0.2) is 24.3 Å². The fraction of sp³-hybridized carbons (Fsp3) is 0.684. The molecule has 120 valence electrons. The summed E-state index contributed by atoms with van der Waals surface area (Å²) in [6, 6.07) is 9.45. The van der Waals surface area contributed by atoms with Crippen molar-refractivity contribution in [3.05, 3.63) is 35.4 Å². The summed E-state index contributed by atoms with van der Waals surface area (Å²) in [5.74, 6) is 0. The summed E-state index contributed by atoms with van der Waals surface area (Å²) in [6.45, 7) is 16.9. The van der Waals surface area contributed by atoms with Gasteiger partial charge in [-0.25, -0.2) is 0 Å². The molecule has 0 aliphatic carbocycles. The van der Waals surface area contributed by atoms with Crippen LogP contribution in [-0.2, 0) is 6.42 Å². The van der Waals surface area contributed by atoms with E-state index in [1.54, 1.807) is 0 Å². The molecule has 0 saturated heterocycles. The van der Waals surface area contributed by atoms with E-state index in [0.29, 0.717) is 6.04 Å². The van der Waals surface area contributed by atoms with Crippen molar-refractivity contribution in [2.24, 2.45) is 0 Å². The Morgan fingerprint density at radius 3 is 2.10 bits per heavy atom. The SMILES string of the molecule is CCCNC(Cc1ccc(C)cc1)C(C)(C)N(CC)CC. The number of hydrogen-bond acceptors (Lipinski definition) is 2. The summed E-state index contributed by atoms with van der Waals surface area (Å²) in [5.41, 5.74) is 2.91. The zero-order chi connectivity index (χ0) is 15.9. The molecule has 0 heterocycles. The lowest BCUT2D eigenvalue weighted by atomic mass is 9.87. The van der Waals surface area contributed by atoms with Gasteiger partial charge in [0.1, 0.15) is 0 Å². The van der Waals surface area contributed by atoms with Crippen LogP contribution < -0.4 is 5.32 Å². The first-order chi connectivity index (χ1) is 9.95. The minimum absolute atomic E-state index is 0.156. The van der Waals surface area contributed by atoms with Gasteiger partial charge in [-0.1, -0.05) is 50.6 Å². The molecule has 0 radical (unpaired) electrons. The fourth-order valence-corrected chi connectivity index (χ4v) is 3.11. The predicted octanol–water partition coefficient (Wildman–Crippen LogP) is 4.03. The van der Waals surface area contributed by atoms with Gasteiger partial charge in [-0.05, 0) is 58.8 Å². The number of rotatable bonds is 9. The average Bonchev–Trinajstić information content (AvgIpc) is 2.46. The Balaban J connectivity index is 2.90. The lowest BCUT2D eigenvalue weighted by Crippen LogP contribution is -2.58. The van der Waals surface area contributed by atoms with Crippen LogP contribution in [0, 0.1) is 6.92 Å². The number of benzene rings is 1. The molecular formula is C19H34N2. The third kappa shape index (κ3) is 5.12. The summed E-state index contributed by atoms with van der Waals surface area (Å²) < 4.78 is 0. The van der Waals surface area contributed by atoms with Gasteiger partial charge in [0.25, 0.3) is 0 Å². The van der Waals surface area contributed by atoms with Crippen LogP contribution in [0.4, 0.5) is 0 Å². The van der Waals surface area contributed by atoms with Crippen LogP contribution in [-0.4, -0.2) is 36.1 Å². The average molecular weight is 290 g/mol. The molecular weight excluding hydrogens is 256 g/mol. The highest BCUT2D eigenvalue weighted by Crippen LogP contribution is 2.22. The quantitative estimate of drug-likeness (QED) is 0.739. The van der Waals surface area contributed by atoms with Crippen LogP contribution in [0.5, 0.6) is 0 Å². The van der Waals surface area contributed by atoms with Gasteiger partial charge in [0.05, 0.1) is 0 Å². The van der Waals surface area contributed by atoms with Crippen LogP contribution in [0.2, 0.25) is 0 Å². The van der Waals surface area contributed by atoms with E-state index in [9.17, 15) is 0 Å². The Kier molecular flexibility index (Phi) is 7.41. The smallest absolute Gasteiger partial charge is 0.0309 e. The summed E-state index contributed by atoms with van der Waals surface area (Å²) in [5, 5.41) is 3.78. The van der Waals surface area contributed by atoms with Crippen molar-refractivity contribution in [3.8, 4) is 0 Å². The van der Waals surface area contributed by atoms with Gasteiger partial charge in [-0.2, -0.15) is 0 Å². The highest BCUT2D eigenvalue weighted by molar-refractivity contribution is 5.23. The van der Waals surface area contributed by atoms with Crippen molar-refractivity contribution >= 4 is 0 Å². The molecule has 0 aliphatic heterocycles. The summed E-state index contributed by atoms with van der Waals surface area (Å²) in [4.78, 5) is 2.56. The molecule has 1 atom stereocenters. The van der Waals surface area contributed by atoms with E-state index in [1.165, 1.54) is 17.5 Å². The normalized spacial score (nSPS) is 13.7. The van der Waals surface area contributed by atoms with Crippen molar-refractivity contribution in [2.45, 2.75) is 66.0 Å². The van der Waals surface area contributed by atoms with E-state index in [2.05, 4.69) is 76.0 Å². The molecule has 2 heteroatoms. The first kappa shape index (κ1) is 18.2. The van der Waals surface area contributed by atoms with Crippen molar-refractivity contribution in [3.63, 3.8) is 0 Å². The monoisotopic (exact) mass is 290 g/mol. The second kappa shape index (κ2) is 8.55. The lowest BCUT2D eigenvalue weighted by molar-refractivity contribution is 0.0911. The maximum atomic E-state index is 3.78. The number of aryl methyl sites for hydroxylation is 1. The van der Waals surface area contributed by atoms with E-state index in [0.717, 1.165) is 26.1 Å². The van der Waals surface area contributed by atoms with E-state index in [-0.39, 0.29) is 5.54 Å². The van der Waals surface area contributed by atoms with Gasteiger partial charge < -0.3 is 5.32 Å². The first-order valence-electron chi connectivity index (χ1n) is 8.49. The molecule has 21 heavy (non-hydrogen) atoms. The molecule has 1 unspecified atom stereocenters. The van der Waals surface area contributed by atoms with Crippen LogP contribution in [0.3, 0.4) is 0 Å². The largest absolute Gasteiger partial charge is 0.312 e. The Labute approximate surface area is 131 Å². The van der Waals surface area contributed by atoms with Gasteiger partial charge in [-0.3, -0.25) is 4.90 Å². The van der Waals surface area contributed by atoms with Crippen molar-refractivity contribution in [2.75, 3.05) is 19.6 Å². The third-order valence-electron chi connectivity index (χ3n) is 4.63. The molecule has 0 aliphatic rings. The number of likely N-dealkylation sites (N-methyl/N-ethyl adjacent to an activating group) is 1. The Bertz CT molecular complexity index is 391. The second-order valence-corrected chi connectivity index (χ2v) is 6.52. The molecule has 0 aromatic heterocycles. The predicted molar refractivity (Wildman–Crippen MR) is 94.0 cm³/mol. The number of hydrogen-bond donors (Lipinski definition) is 1. The van der Waals surface area contributed by atoms with E-state index in [4.69, 9.17) is 0 Å². The lowest BCUT2D eigenvalue weighted by Gasteiger charge is -2.44. The molecule has 0 bridgehead atoms. The van der Waals surface area contributed by atoms with Crippen molar-refractivity contribution < 1.29 is 0 Å². The van der Waals surface area contributed by atoms with Gasteiger partial charge >= 0.3 is 0 Å². The zero-order valence-corrected chi connectivity index (χ0v) is 14.9. The minimum Gasteiger partial charge on any atom is -0.312 e. The van der Waals surface area contributed by atoms with E-state index < -0.39 is 0 Å². The molecule has 1 aromatic rings. The fourth-order valence-electron chi connectivity index (χ4n) is 3.11. The van der Waals surface area contributed by atoms with Gasteiger partial charge in [0, 0.05) is 11.6 Å². The highest BCUT2D eigenvalue weighted by atomic mass is 15.2. The van der Waals surface area contributed by atoms with E-state index >= 15 is 0 Å². The molecule has 0 amide bonds. The van der Waals surface area contributed by atoms with Crippen molar-refractivity contribution in [1.29, 1.82) is 0 Å². The Morgan fingerprint density at radius 2 is 1.62 bits per heavy atom. The van der Waals surface area contributed by atoms with Gasteiger partial charge in [0.2, 0.25) is 0 Å². The standard InChI is InChI=1S/C19H34N2/c1-7-14-20-18(19(5,6)21(8-2)9-3)15-17-12-10-16(4)11-13-17/h10-13,18,20H,7-9,14-15H2,1-6H3. The van der Waals surface area contributed by atoms with Crippen LogP contribution in [0.1, 0.15) is 52.2 Å².